The highest BCUT2D eigenvalue weighted by molar-refractivity contribution is 5.39. The zero-order valence-corrected chi connectivity index (χ0v) is 13.0. The highest BCUT2D eigenvalue weighted by Crippen LogP contribution is 2.16. The molecule has 4 nitrogen and oxygen atoms in total. The number of nitrogens with zero attached hydrogens (tertiary/aromatic N) is 3. The van der Waals surface area contributed by atoms with Crippen LogP contribution in [0, 0.1) is 5.92 Å². The molecule has 0 aromatic carbocycles. The Hall–Kier alpha value is -1.39. The number of hydrogen-bond acceptors (Lipinski definition) is 3. The van der Waals surface area contributed by atoms with Crippen LogP contribution in [0.2, 0.25) is 0 Å². The van der Waals surface area contributed by atoms with E-state index in [1.165, 1.54) is 44.6 Å². The van der Waals surface area contributed by atoms with Crippen molar-refractivity contribution in [3.05, 3.63) is 36.3 Å². The molecule has 1 aliphatic heterocycles. The Morgan fingerprint density at radius 2 is 2.19 bits per heavy atom. The standard InChI is InChI=1S/C17H26N4/c1-2-10-20(12-15-6-8-18-9-7-15)13-16-14-21-11-4-3-5-17(21)19-16/h3-5,11,14-15,18H,2,6-10,12-13H2,1H3. The Kier molecular flexibility index (Phi) is 4.88. The summed E-state index contributed by atoms with van der Waals surface area (Å²) in [7, 11) is 0. The lowest BCUT2D eigenvalue weighted by Gasteiger charge is -2.29. The number of rotatable bonds is 6. The molecule has 114 valence electrons. The molecule has 0 bridgehead atoms. The van der Waals surface area contributed by atoms with Gasteiger partial charge in [0.2, 0.25) is 0 Å². The molecule has 0 unspecified atom stereocenters. The van der Waals surface area contributed by atoms with Crippen molar-refractivity contribution in [3.8, 4) is 0 Å². The molecular formula is C17H26N4. The molecule has 1 fully saturated rings. The highest BCUT2D eigenvalue weighted by atomic mass is 15.1. The topological polar surface area (TPSA) is 32.6 Å². The van der Waals surface area contributed by atoms with Gasteiger partial charge in [0, 0.05) is 25.5 Å². The molecule has 1 aliphatic rings. The molecule has 4 heteroatoms. The van der Waals surface area contributed by atoms with E-state index in [4.69, 9.17) is 4.98 Å². The number of piperidine rings is 1. The molecule has 21 heavy (non-hydrogen) atoms. The fourth-order valence-corrected chi connectivity index (χ4v) is 3.27. The van der Waals surface area contributed by atoms with Gasteiger partial charge >= 0.3 is 0 Å². The summed E-state index contributed by atoms with van der Waals surface area (Å²) in [6, 6.07) is 6.17. The molecular weight excluding hydrogens is 260 g/mol. The third-order valence-corrected chi connectivity index (χ3v) is 4.31. The zero-order valence-electron chi connectivity index (χ0n) is 13.0. The van der Waals surface area contributed by atoms with Crippen molar-refractivity contribution in [2.75, 3.05) is 26.2 Å². The second-order valence-electron chi connectivity index (χ2n) is 6.13. The van der Waals surface area contributed by atoms with Gasteiger partial charge in [-0.1, -0.05) is 13.0 Å². The van der Waals surface area contributed by atoms with Gasteiger partial charge in [-0.05, 0) is 56.9 Å². The SMILES string of the molecule is CCCN(Cc1cn2ccccc2n1)CC1CCNCC1. The van der Waals surface area contributed by atoms with E-state index in [1.54, 1.807) is 0 Å². The van der Waals surface area contributed by atoms with Gasteiger partial charge in [-0.3, -0.25) is 4.90 Å². The molecule has 0 atom stereocenters. The number of hydrogen-bond donors (Lipinski definition) is 1. The van der Waals surface area contributed by atoms with Crippen molar-refractivity contribution < 1.29 is 0 Å². The van der Waals surface area contributed by atoms with E-state index < -0.39 is 0 Å². The maximum Gasteiger partial charge on any atom is 0.137 e. The first kappa shape index (κ1) is 14.5. The lowest BCUT2D eigenvalue weighted by molar-refractivity contribution is 0.197. The predicted molar refractivity (Wildman–Crippen MR) is 86.4 cm³/mol. The first-order chi connectivity index (χ1) is 10.3. The van der Waals surface area contributed by atoms with Crippen LogP contribution in [0.25, 0.3) is 5.65 Å². The molecule has 0 spiro atoms. The molecule has 0 aliphatic carbocycles. The quantitative estimate of drug-likeness (QED) is 0.886. The summed E-state index contributed by atoms with van der Waals surface area (Å²) in [6.07, 6.45) is 8.07. The van der Waals surface area contributed by atoms with Crippen LogP contribution in [0.3, 0.4) is 0 Å². The Morgan fingerprint density at radius 3 is 2.95 bits per heavy atom. The minimum atomic E-state index is 0.842. The third-order valence-electron chi connectivity index (χ3n) is 4.31. The second-order valence-corrected chi connectivity index (χ2v) is 6.13. The van der Waals surface area contributed by atoms with E-state index in [0.717, 1.165) is 24.7 Å². The summed E-state index contributed by atoms with van der Waals surface area (Å²) in [6.45, 7) is 7.97. The molecule has 2 aromatic rings. The van der Waals surface area contributed by atoms with Crippen LogP contribution >= 0.6 is 0 Å². The largest absolute Gasteiger partial charge is 0.317 e. The van der Waals surface area contributed by atoms with E-state index in [2.05, 4.69) is 46.1 Å². The average Bonchev–Trinajstić information content (AvgIpc) is 2.90. The third kappa shape index (κ3) is 3.83. The smallest absolute Gasteiger partial charge is 0.137 e. The second kappa shape index (κ2) is 7.05. The summed E-state index contributed by atoms with van der Waals surface area (Å²) >= 11 is 0. The van der Waals surface area contributed by atoms with Crippen molar-refractivity contribution in [1.82, 2.24) is 19.6 Å². The number of fused-ring (bicyclic) bond motifs is 1. The van der Waals surface area contributed by atoms with Crippen LogP contribution in [-0.2, 0) is 6.54 Å². The Morgan fingerprint density at radius 1 is 1.33 bits per heavy atom. The lowest BCUT2D eigenvalue weighted by Crippen LogP contribution is -2.36. The normalized spacial score (nSPS) is 16.9. The summed E-state index contributed by atoms with van der Waals surface area (Å²) in [4.78, 5) is 7.32. The zero-order chi connectivity index (χ0) is 14.5. The lowest BCUT2D eigenvalue weighted by atomic mass is 9.97. The fraction of sp³-hybridized carbons (Fsp3) is 0.588. The number of pyridine rings is 1. The van der Waals surface area contributed by atoms with E-state index in [0.29, 0.717) is 0 Å². The average molecular weight is 286 g/mol. The maximum absolute atomic E-state index is 4.74. The van der Waals surface area contributed by atoms with Gasteiger partial charge in [-0.25, -0.2) is 4.98 Å². The van der Waals surface area contributed by atoms with E-state index in [9.17, 15) is 0 Å². The van der Waals surface area contributed by atoms with Crippen LogP contribution in [0.5, 0.6) is 0 Å². The maximum atomic E-state index is 4.74. The number of imidazole rings is 1. The molecule has 2 aromatic heterocycles. The van der Waals surface area contributed by atoms with Gasteiger partial charge in [0.15, 0.2) is 0 Å². The monoisotopic (exact) mass is 286 g/mol. The van der Waals surface area contributed by atoms with Crippen molar-refractivity contribution in [2.45, 2.75) is 32.7 Å². The van der Waals surface area contributed by atoms with Gasteiger partial charge in [0.1, 0.15) is 5.65 Å². The van der Waals surface area contributed by atoms with E-state index in [1.807, 2.05) is 6.07 Å². The minimum Gasteiger partial charge on any atom is -0.317 e. The van der Waals surface area contributed by atoms with Crippen molar-refractivity contribution in [3.63, 3.8) is 0 Å². The van der Waals surface area contributed by atoms with Gasteiger partial charge in [-0.2, -0.15) is 0 Å². The van der Waals surface area contributed by atoms with Crippen molar-refractivity contribution >= 4 is 5.65 Å². The van der Waals surface area contributed by atoms with Crippen molar-refractivity contribution in [1.29, 1.82) is 0 Å². The predicted octanol–water partition coefficient (Wildman–Crippen LogP) is 2.55. The first-order valence-corrected chi connectivity index (χ1v) is 8.21. The number of nitrogens with one attached hydrogen (secondary N) is 1. The van der Waals surface area contributed by atoms with Gasteiger partial charge in [0.05, 0.1) is 5.69 Å². The molecule has 1 N–H and O–H groups in total. The fourth-order valence-electron chi connectivity index (χ4n) is 3.27. The summed E-state index contributed by atoms with van der Waals surface area (Å²) in [5.74, 6) is 0.842. The van der Waals surface area contributed by atoms with Crippen molar-refractivity contribution in [2.24, 2.45) is 5.92 Å². The molecule has 1 saturated heterocycles. The van der Waals surface area contributed by atoms with Gasteiger partial charge in [-0.15, -0.1) is 0 Å². The molecule has 0 amide bonds. The molecule has 0 radical (unpaired) electrons. The van der Waals surface area contributed by atoms with Crippen LogP contribution in [-0.4, -0.2) is 40.5 Å². The Labute approximate surface area is 127 Å². The Bertz CT molecular complexity index is 524. The van der Waals surface area contributed by atoms with Crippen LogP contribution in [0.1, 0.15) is 31.9 Å². The molecule has 0 saturated carbocycles. The Balaban J connectivity index is 1.65. The highest BCUT2D eigenvalue weighted by Gasteiger charge is 2.17. The molecule has 3 heterocycles. The van der Waals surface area contributed by atoms with Crippen LogP contribution < -0.4 is 5.32 Å². The van der Waals surface area contributed by atoms with E-state index in [-0.39, 0.29) is 0 Å². The van der Waals surface area contributed by atoms with Crippen LogP contribution in [0.15, 0.2) is 30.6 Å². The molecule has 3 rings (SSSR count). The minimum absolute atomic E-state index is 0.842. The van der Waals surface area contributed by atoms with Crippen LogP contribution in [0.4, 0.5) is 0 Å². The summed E-state index contributed by atoms with van der Waals surface area (Å²) in [5, 5.41) is 3.45. The number of aromatic nitrogens is 2. The van der Waals surface area contributed by atoms with Gasteiger partial charge < -0.3 is 9.72 Å². The van der Waals surface area contributed by atoms with E-state index >= 15 is 0 Å². The first-order valence-electron chi connectivity index (χ1n) is 8.21. The summed E-state index contributed by atoms with van der Waals surface area (Å²) in [5.41, 5.74) is 2.23. The van der Waals surface area contributed by atoms with Gasteiger partial charge in [0.25, 0.3) is 0 Å². The summed E-state index contributed by atoms with van der Waals surface area (Å²) < 4.78 is 2.12.